The van der Waals surface area contributed by atoms with Gasteiger partial charge >= 0.3 is 0 Å². The third-order valence-corrected chi connectivity index (χ3v) is 4.81. The second kappa shape index (κ2) is 8.27. The van der Waals surface area contributed by atoms with Crippen molar-refractivity contribution in [2.24, 2.45) is 7.05 Å². The summed E-state index contributed by atoms with van der Waals surface area (Å²) in [6, 6.07) is 10.4. The summed E-state index contributed by atoms with van der Waals surface area (Å²) in [7, 11) is 2.03. The SMILES string of the molecule is C[C@@H]1CN(CC(=O)NCc2ccccc2)CCN1Cc1nccn1C. The molecule has 0 aliphatic carbocycles. The fraction of sp³-hybridized carbons (Fsp3) is 0.474. The van der Waals surface area contributed by atoms with Gasteiger partial charge in [-0.25, -0.2) is 4.98 Å². The minimum absolute atomic E-state index is 0.0913. The number of rotatable bonds is 6. The maximum atomic E-state index is 12.2. The molecule has 1 aromatic heterocycles. The number of piperazine rings is 1. The van der Waals surface area contributed by atoms with E-state index in [0.717, 1.165) is 37.6 Å². The second-order valence-corrected chi connectivity index (χ2v) is 6.77. The normalized spacial score (nSPS) is 19.0. The zero-order chi connectivity index (χ0) is 17.6. The summed E-state index contributed by atoms with van der Waals surface area (Å²) in [6.07, 6.45) is 3.82. The predicted octanol–water partition coefficient (Wildman–Crippen LogP) is 1.24. The first kappa shape index (κ1) is 17.6. The zero-order valence-corrected chi connectivity index (χ0v) is 15.1. The summed E-state index contributed by atoms with van der Waals surface area (Å²) in [5.41, 5.74) is 1.13. The Morgan fingerprint density at radius 1 is 1.28 bits per heavy atom. The number of carbonyl (C=O) groups excluding carboxylic acids is 1. The lowest BCUT2D eigenvalue weighted by Gasteiger charge is -2.39. The Morgan fingerprint density at radius 2 is 2.08 bits per heavy atom. The molecule has 0 saturated carbocycles. The smallest absolute Gasteiger partial charge is 0.234 e. The molecule has 0 unspecified atom stereocenters. The molecule has 0 spiro atoms. The number of imidazole rings is 1. The van der Waals surface area contributed by atoms with E-state index in [1.807, 2.05) is 49.8 Å². The van der Waals surface area contributed by atoms with Crippen LogP contribution < -0.4 is 5.32 Å². The maximum absolute atomic E-state index is 12.2. The van der Waals surface area contributed by atoms with Gasteiger partial charge in [0.15, 0.2) is 0 Å². The molecular formula is C19H27N5O. The molecule has 6 heteroatoms. The van der Waals surface area contributed by atoms with Gasteiger partial charge in [-0.05, 0) is 12.5 Å². The second-order valence-electron chi connectivity index (χ2n) is 6.77. The van der Waals surface area contributed by atoms with Crippen LogP contribution in [0.2, 0.25) is 0 Å². The molecule has 6 nitrogen and oxygen atoms in total. The average Bonchev–Trinajstić information content (AvgIpc) is 3.01. The van der Waals surface area contributed by atoms with Gasteiger partial charge in [0.1, 0.15) is 5.82 Å². The number of amides is 1. The highest BCUT2D eigenvalue weighted by Crippen LogP contribution is 2.12. The van der Waals surface area contributed by atoms with E-state index in [2.05, 4.69) is 31.6 Å². The number of aromatic nitrogens is 2. The maximum Gasteiger partial charge on any atom is 0.234 e. The lowest BCUT2D eigenvalue weighted by molar-refractivity contribution is -0.123. The molecule has 0 radical (unpaired) electrons. The summed E-state index contributed by atoms with van der Waals surface area (Å²) < 4.78 is 2.07. The average molecular weight is 341 g/mol. The van der Waals surface area contributed by atoms with Crippen LogP contribution in [0.1, 0.15) is 18.3 Å². The number of hydrogen-bond acceptors (Lipinski definition) is 4. The van der Waals surface area contributed by atoms with Crippen molar-refractivity contribution in [3.8, 4) is 0 Å². The number of nitrogens with zero attached hydrogens (tertiary/aromatic N) is 4. The molecule has 1 atom stereocenters. The molecule has 1 aliphatic heterocycles. The summed E-state index contributed by atoms with van der Waals surface area (Å²) in [5.74, 6) is 1.18. The molecule has 2 heterocycles. The minimum atomic E-state index is 0.0913. The highest BCUT2D eigenvalue weighted by Gasteiger charge is 2.25. The fourth-order valence-corrected chi connectivity index (χ4v) is 3.24. The number of nitrogens with one attached hydrogen (secondary N) is 1. The standard InChI is InChI=1S/C19H27N5O/c1-16-13-23(10-11-24(16)14-18-20-8-9-22(18)2)15-19(25)21-12-17-6-4-3-5-7-17/h3-9,16H,10-15H2,1-2H3,(H,21,25)/t16-/m1/s1. The van der Waals surface area contributed by atoms with E-state index in [1.54, 1.807) is 0 Å². The number of hydrogen-bond donors (Lipinski definition) is 1. The first-order valence-corrected chi connectivity index (χ1v) is 8.85. The summed E-state index contributed by atoms with van der Waals surface area (Å²) in [4.78, 5) is 21.3. The predicted molar refractivity (Wildman–Crippen MR) is 97.8 cm³/mol. The van der Waals surface area contributed by atoms with Crippen LogP contribution in [0, 0.1) is 0 Å². The van der Waals surface area contributed by atoms with E-state index in [1.165, 1.54) is 0 Å². The molecule has 1 fully saturated rings. The van der Waals surface area contributed by atoms with Crippen molar-refractivity contribution in [1.82, 2.24) is 24.7 Å². The Bertz CT molecular complexity index is 684. The Labute approximate surface area is 149 Å². The molecule has 1 aromatic carbocycles. The molecule has 3 rings (SSSR count). The third kappa shape index (κ3) is 4.90. The van der Waals surface area contributed by atoms with Gasteiger partial charge < -0.3 is 9.88 Å². The summed E-state index contributed by atoms with van der Waals surface area (Å²) >= 11 is 0. The lowest BCUT2D eigenvalue weighted by atomic mass is 10.2. The van der Waals surface area contributed by atoms with E-state index < -0.39 is 0 Å². The van der Waals surface area contributed by atoms with Crippen molar-refractivity contribution >= 4 is 5.91 Å². The largest absolute Gasteiger partial charge is 0.351 e. The molecule has 2 aromatic rings. The number of benzene rings is 1. The van der Waals surface area contributed by atoms with Gasteiger partial charge in [-0.1, -0.05) is 30.3 Å². The van der Waals surface area contributed by atoms with Crippen molar-refractivity contribution in [3.05, 3.63) is 54.1 Å². The molecule has 1 N–H and O–H groups in total. The molecular weight excluding hydrogens is 314 g/mol. The first-order chi connectivity index (χ1) is 12.1. The molecule has 25 heavy (non-hydrogen) atoms. The summed E-state index contributed by atoms with van der Waals surface area (Å²) in [5, 5.41) is 3.01. The number of carbonyl (C=O) groups is 1. The van der Waals surface area contributed by atoms with Gasteiger partial charge in [-0.3, -0.25) is 14.6 Å². The molecule has 134 valence electrons. The highest BCUT2D eigenvalue weighted by atomic mass is 16.2. The van der Waals surface area contributed by atoms with Crippen LogP contribution in [0.4, 0.5) is 0 Å². The first-order valence-electron chi connectivity index (χ1n) is 8.85. The zero-order valence-electron chi connectivity index (χ0n) is 15.1. The van der Waals surface area contributed by atoms with Crippen molar-refractivity contribution in [2.75, 3.05) is 26.2 Å². The monoisotopic (exact) mass is 341 g/mol. The molecule has 1 aliphatic rings. The third-order valence-electron chi connectivity index (χ3n) is 4.81. The topological polar surface area (TPSA) is 53.4 Å². The van der Waals surface area contributed by atoms with Crippen LogP contribution in [0.15, 0.2) is 42.7 Å². The van der Waals surface area contributed by atoms with Gasteiger partial charge in [0.2, 0.25) is 5.91 Å². The lowest BCUT2D eigenvalue weighted by Crippen LogP contribution is -2.53. The van der Waals surface area contributed by atoms with E-state index in [-0.39, 0.29) is 5.91 Å². The Kier molecular flexibility index (Phi) is 5.83. The quantitative estimate of drug-likeness (QED) is 0.859. The molecule has 0 bridgehead atoms. The van der Waals surface area contributed by atoms with Gasteiger partial charge in [-0.15, -0.1) is 0 Å². The van der Waals surface area contributed by atoms with E-state index in [0.29, 0.717) is 19.1 Å². The van der Waals surface area contributed by atoms with Crippen LogP contribution in [-0.4, -0.2) is 57.5 Å². The Morgan fingerprint density at radius 3 is 2.76 bits per heavy atom. The van der Waals surface area contributed by atoms with Crippen molar-refractivity contribution in [1.29, 1.82) is 0 Å². The Balaban J connectivity index is 1.43. The van der Waals surface area contributed by atoms with Crippen LogP contribution in [0.25, 0.3) is 0 Å². The van der Waals surface area contributed by atoms with Gasteiger partial charge in [-0.2, -0.15) is 0 Å². The van der Waals surface area contributed by atoms with Crippen molar-refractivity contribution in [2.45, 2.75) is 26.1 Å². The fourth-order valence-electron chi connectivity index (χ4n) is 3.24. The van der Waals surface area contributed by atoms with Crippen LogP contribution >= 0.6 is 0 Å². The van der Waals surface area contributed by atoms with Crippen LogP contribution in [-0.2, 0) is 24.9 Å². The minimum Gasteiger partial charge on any atom is -0.351 e. The van der Waals surface area contributed by atoms with Gasteiger partial charge in [0, 0.05) is 51.7 Å². The highest BCUT2D eigenvalue weighted by molar-refractivity contribution is 5.78. The van der Waals surface area contributed by atoms with Crippen molar-refractivity contribution < 1.29 is 4.79 Å². The van der Waals surface area contributed by atoms with E-state index >= 15 is 0 Å². The Hall–Kier alpha value is -2.18. The van der Waals surface area contributed by atoms with E-state index in [4.69, 9.17) is 0 Å². The van der Waals surface area contributed by atoms with Crippen LogP contribution in [0.5, 0.6) is 0 Å². The molecule has 1 saturated heterocycles. The summed E-state index contributed by atoms with van der Waals surface area (Å²) in [6.45, 7) is 6.91. The number of aryl methyl sites for hydroxylation is 1. The van der Waals surface area contributed by atoms with Gasteiger partial charge in [0.05, 0.1) is 13.1 Å². The van der Waals surface area contributed by atoms with Crippen molar-refractivity contribution in [3.63, 3.8) is 0 Å². The van der Waals surface area contributed by atoms with Gasteiger partial charge in [0.25, 0.3) is 0 Å². The molecule has 1 amide bonds. The van der Waals surface area contributed by atoms with E-state index in [9.17, 15) is 4.79 Å². The van der Waals surface area contributed by atoms with Crippen LogP contribution in [0.3, 0.4) is 0 Å².